The number of benzene rings is 1. The van der Waals surface area contributed by atoms with E-state index in [0.717, 1.165) is 30.5 Å². The molecule has 1 fully saturated rings. The second-order valence-corrected chi connectivity index (χ2v) is 6.47. The Morgan fingerprint density at radius 1 is 1.50 bits per heavy atom. The lowest BCUT2D eigenvalue weighted by Crippen LogP contribution is -2.38. The minimum absolute atomic E-state index is 0.0528. The van der Waals surface area contributed by atoms with Crippen LogP contribution in [0.25, 0.3) is 0 Å². The number of carbonyl (C=O) groups is 1. The number of carbonyl (C=O) groups excluding carboxylic acids is 1. The van der Waals surface area contributed by atoms with Crippen molar-refractivity contribution in [2.45, 2.75) is 6.42 Å². The van der Waals surface area contributed by atoms with Crippen molar-refractivity contribution in [1.29, 1.82) is 0 Å². The fraction of sp³-hybridized carbons (Fsp3) is 0.562. The molecule has 1 atom stereocenters. The molecular formula is C16H24BrN3O2. The van der Waals surface area contributed by atoms with Crippen LogP contribution in [0.1, 0.15) is 6.42 Å². The summed E-state index contributed by atoms with van der Waals surface area (Å²) < 4.78 is 6.02. The van der Waals surface area contributed by atoms with Crippen molar-refractivity contribution in [3.63, 3.8) is 0 Å². The van der Waals surface area contributed by atoms with E-state index in [-0.39, 0.29) is 5.91 Å². The van der Waals surface area contributed by atoms with Crippen LogP contribution in [0, 0.1) is 5.92 Å². The molecule has 6 heteroatoms. The Balaban J connectivity index is 1.67. The van der Waals surface area contributed by atoms with Gasteiger partial charge in [-0.25, -0.2) is 0 Å². The highest BCUT2D eigenvalue weighted by molar-refractivity contribution is 9.10. The van der Waals surface area contributed by atoms with Gasteiger partial charge in [0.1, 0.15) is 0 Å². The summed E-state index contributed by atoms with van der Waals surface area (Å²) in [5.74, 6) is 0.568. The lowest BCUT2D eigenvalue weighted by atomic mass is 10.1. The van der Waals surface area contributed by atoms with Crippen LogP contribution in [-0.4, -0.2) is 52.3 Å². The summed E-state index contributed by atoms with van der Waals surface area (Å²) in [4.78, 5) is 14.1. The Bertz CT molecular complexity index is 484. The molecule has 22 heavy (non-hydrogen) atoms. The first-order valence-electron chi connectivity index (χ1n) is 7.66. The minimum Gasteiger partial charge on any atom is -0.383 e. The third-order valence-electron chi connectivity index (χ3n) is 3.82. The highest BCUT2D eigenvalue weighted by atomic mass is 79.9. The fourth-order valence-corrected chi connectivity index (χ4v) is 2.99. The predicted octanol–water partition coefficient (Wildman–Crippen LogP) is 1.63. The smallest absolute Gasteiger partial charge is 0.233 e. The fourth-order valence-electron chi connectivity index (χ4n) is 2.60. The second kappa shape index (κ2) is 9.12. The number of methoxy groups -OCH3 is 1. The SMILES string of the molecule is COCCNCC(=O)NCC1CCN(c2cccc(Br)c2)C1. The van der Waals surface area contributed by atoms with Crippen molar-refractivity contribution < 1.29 is 9.53 Å². The van der Waals surface area contributed by atoms with Crippen molar-refractivity contribution in [2.75, 3.05) is 51.3 Å². The summed E-state index contributed by atoms with van der Waals surface area (Å²) in [7, 11) is 1.65. The number of halogens is 1. The van der Waals surface area contributed by atoms with Gasteiger partial charge in [0, 0.05) is 43.4 Å². The molecule has 1 heterocycles. The van der Waals surface area contributed by atoms with Gasteiger partial charge in [0.25, 0.3) is 0 Å². The Morgan fingerprint density at radius 2 is 2.36 bits per heavy atom. The molecule has 1 amide bonds. The van der Waals surface area contributed by atoms with Gasteiger partial charge in [0.2, 0.25) is 5.91 Å². The van der Waals surface area contributed by atoms with Crippen LogP contribution in [0.4, 0.5) is 5.69 Å². The molecule has 0 saturated carbocycles. The molecule has 1 aromatic carbocycles. The number of ether oxygens (including phenoxy) is 1. The molecule has 0 spiro atoms. The number of anilines is 1. The number of nitrogens with zero attached hydrogens (tertiary/aromatic N) is 1. The molecule has 1 aliphatic rings. The summed E-state index contributed by atoms with van der Waals surface area (Å²) in [6, 6.07) is 8.36. The number of nitrogens with one attached hydrogen (secondary N) is 2. The van der Waals surface area contributed by atoms with Gasteiger partial charge in [-0.15, -0.1) is 0 Å². The van der Waals surface area contributed by atoms with E-state index < -0.39 is 0 Å². The minimum atomic E-state index is 0.0528. The summed E-state index contributed by atoms with van der Waals surface area (Å²) in [5, 5.41) is 6.06. The maximum absolute atomic E-state index is 11.7. The molecule has 1 saturated heterocycles. The highest BCUT2D eigenvalue weighted by Crippen LogP contribution is 2.25. The van der Waals surface area contributed by atoms with Gasteiger partial charge in [-0.2, -0.15) is 0 Å². The van der Waals surface area contributed by atoms with E-state index in [1.54, 1.807) is 7.11 Å². The normalized spacial score (nSPS) is 17.7. The third kappa shape index (κ3) is 5.59. The van der Waals surface area contributed by atoms with Gasteiger partial charge in [-0.05, 0) is 30.5 Å². The van der Waals surface area contributed by atoms with Crippen molar-refractivity contribution in [1.82, 2.24) is 10.6 Å². The summed E-state index contributed by atoms with van der Waals surface area (Å²) >= 11 is 3.51. The zero-order chi connectivity index (χ0) is 15.8. The Labute approximate surface area is 140 Å². The van der Waals surface area contributed by atoms with Crippen LogP contribution < -0.4 is 15.5 Å². The molecule has 5 nitrogen and oxygen atoms in total. The van der Waals surface area contributed by atoms with E-state index in [4.69, 9.17) is 4.74 Å². The van der Waals surface area contributed by atoms with E-state index >= 15 is 0 Å². The van der Waals surface area contributed by atoms with Crippen LogP contribution in [0.2, 0.25) is 0 Å². The number of hydrogen-bond acceptors (Lipinski definition) is 4. The molecular weight excluding hydrogens is 346 g/mol. The number of rotatable bonds is 8. The maximum atomic E-state index is 11.7. The second-order valence-electron chi connectivity index (χ2n) is 5.55. The number of hydrogen-bond donors (Lipinski definition) is 2. The van der Waals surface area contributed by atoms with Crippen molar-refractivity contribution in [3.8, 4) is 0 Å². The quantitative estimate of drug-likeness (QED) is 0.683. The van der Waals surface area contributed by atoms with Gasteiger partial charge < -0.3 is 20.3 Å². The van der Waals surface area contributed by atoms with Crippen molar-refractivity contribution in [2.24, 2.45) is 5.92 Å². The molecule has 1 aliphatic heterocycles. The topological polar surface area (TPSA) is 53.6 Å². The molecule has 2 N–H and O–H groups in total. The zero-order valence-electron chi connectivity index (χ0n) is 13.0. The summed E-state index contributed by atoms with van der Waals surface area (Å²) in [5.41, 5.74) is 1.24. The lowest BCUT2D eigenvalue weighted by molar-refractivity contribution is -0.120. The monoisotopic (exact) mass is 369 g/mol. The Morgan fingerprint density at radius 3 is 3.14 bits per heavy atom. The van der Waals surface area contributed by atoms with Gasteiger partial charge in [-0.3, -0.25) is 4.79 Å². The molecule has 1 unspecified atom stereocenters. The Hall–Kier alpha value is -1.11. The largest absolute Gasteiger partial charge is 0.383 e. The van der Waals surface area contributed by atoms with Gasteiger partial charge in [0.05, 0.1) is 13.2 Å². The van der Waals surface area contributed by atoms with Crippen molar-refractivity contribution in [3.05, 3.63) is 28.7 Å². The molecule has 0 aromatic heterocycles. The van der Waals surface area contributed by atoms with E-state index in [2.05, 4.69) is 49.7 Å². The maximum Gasteiger partial charge on any atom is 0.233 e. The van der Waals surface area contributed by atoms with Gasteiger partial charge in [-0.1, -0.05) is 22.0 Å². The molecule has 0 bridgehead atoms. The van der Waals surface area contributed by atoms with Crippen LogP contribution in [0.15, 0.2) is 28.7 Å². The van der Waals surface area contributed by atoms with Crippen LogP contribution in [0.3, 0.4) is 0 Å². The van der Waals surface area contributed by atoms with E-state index in [0.29, 0.717) is 25.6 Å². The standard InChI is InChI=1S/C16H24BrN3O2/c1-22-8-6-18-11-16(21)19-10-13-5-7-20(12-13)15-4-2-3-14(17)9-15/h2-4,9,13,18H,5-8,10-12H2,1H3,(H,19,21). The summed E-state index contributed by atoms with van der Waals surface area (Å²) in [6.07, 6.45) is 1.11. The van der Waals surface area contributed by atoms with Gasteiger partial charge >= 0.3 is 0 Å². The van der Waals surface area contributed by atoms with E-state index in [9.17, 15) is 4.79 Å². The average Bonchev–Trinajstić information content (AvgIpc) is 2.98. The van der Waals surface area contributed by atoms with Crippen LogP contribution in [-0.2, 0) is 9.53 Å². The number of amides is 1. The molecule has 0 radical (unpaired) electrons. The first-order valence-corrected chi connectivity index (χ1v) is 8.45. The Kier molecular flexibility index (Phi) is 7.15. The van der Waals surface area contributed by atoms with Gasteiger partial charge in [0.15, 0.2) is 0 Å². The van der Waals surface area contributed by atoms with Crippen LogP contribution >= 0.6 is 15.9 Å². The average molecular weight is 370 g/mol. The first kappa shape index (κ1) is 17.2. The van der Waals surface area contributed by atoms with E-state index in [1.807, 2.05) is 6.07 Å². The molecule has 1 aromatic rings. The highest BCUT2D eigenvalue weighted by Gasteiger charge is 2.23. The molecule has 0 aliphatic carbocycles. The van der Waals surface area contributed by atoms with Crippen molar-refractivity contribution >= 4 is 27.5 Å². The molecule has 2 rings (SSSR count). The lowest BCUT2D eigenvalue weighted by Gasteiger charge is -2.19. The van der Waals surface area contributed by atoms with Crippen LogP contribution in [0.5, 0.6) is 0 Å². The predicted molar refractivity (Wildman–Crippen MR) is 92.2 cm³/mol. The molecule has 122 valence electrons. The zero-order valence-corrected chi connectivity index (χ0v) is 14.6. The van der Waals surface area contributed by atoms with E-state index in [1.165, 1.54) is 5.69 Å². The third-order valence-corrected chi connectivity index (χ3v) is 4.31. The first-order chi connectivity index (χ1) is 10.7. The summed E-state index contributed by atoms with van der Waals surface area (Å²) in [6.45, 7) is 4.46.